The van der Waals surface area contributed by atoms with Gasteiger partial charge in [-0.15, -0.1) is 22.7 Å². The molecular formula is C17H14N4O2S3. The van der Waals surface area contributed by atoms with Crippen LogP contribution in [0.2, 0.25) is 0 Å². The molecule has 1 aliphatic heterocycles. The van der Waals surface area contributed by atoms with Crippen LogP contribution in [0.1, 0.15) is 22.2 Å². The number of hydrazone groups is 1. The Morgan fingerprint density at radius 1 is 1.27 bits per heavy atom. The second kappa shape index (κ2) is 7.56. The highest BCUT2D eigenvalue weighted by Crippen LogP contribution is 2.36. The minimum atomic E-state index is -0.231. The molecule has 0 spiro atoms. The monoisotopic (exact) mass is 402 g/mol. The van der Waals surface area contributed by atoms with Gasteiger partial charge in [-0.05, 0) is 22.9 Å². The van der Waals surface area contributed by atoms with Gasteiger partial charge in [0.25, 0.3) is 11.5 Å². The van der Waals surface area contributed by atoms with Gasteiger partial charge < -0.3 is 4.98 Å². The third kappa shape index (κ3) is 3.64. The van der Waals surface area contributed by atoms with Crippen LogP contribution in [-0.2, 0) is 4.79 Å². The standard InChI is InChI=1S/C17H14N4O2S3/c22-15-5-6-18-17(19-15)26-10-16(23)21-12(14-4-2-8-25-14)9-11(20-21)13-3-1-7-24-13/h1-8,12H,9-10H2,(H,18,19,22)/t12-/m1/s1. The zero-order valence-corrected chi connectivity index (χ0v) is 15.9. The molecule has 0 unspecified atom stereocenters. The van der Waals surface area contributed by atoms with Gasteiger partial charge in [-0.3, -0.25) is 9.59 Å². The number of aromatic amines is 1. The molecule has 0 radical (unpaired) electrons. The van der Waals surface area contributed by atoms with Crippen molar-refractivity contribution in [3.05, 3.63) is 67.4 Å². The molecule has 1 N–H and O–H groups in total. The van der Waals surface area contributed by atoms with Crippen molar-refractivity contribution in [2.24, 2.45) is 5.10 Å². The van der Waals surface area contributed by atoms with Gasteiger partial charge in [0.15, 0.2) is 5.16 Å². The van der Waals surface area contributed by atoms with E-state index in [1.54, 1.807) is 27.7 Å². The first-order valence-corrected chi connectivity index (χ1v) is 10.6. The fraction of sp³-hybridized carbons (Fsp3) is 0.176. The average Bonchev–Trinajstić information content (AvgIpc) is 3.40. The van der Waals surface area contributed by atoms with Crippen LogP contribution in [0.4, 0.5) is 0 Å². The Hall–Kier alpha value is -2.23. The molecule has 6 nitrogen and oxygen atoms in total. The molecule has 9 heteroatoms. The summed E-state index contributed by atoms with van der Waals surface area (Å²) in [5.74, 6) is 0.0576. The summed E-state index contributed by atoms with van der Waals surface area (Å²) >= 11 is 4.46. The third-order valence-electron chi connectivity index (χ3n) is 3.82. The Kier molecular flexibility index (Phi) is 5.00. The van der Waals surface area contributed by atoms with E-state index >= 15 is 0 Å². The Morgan fingerprint density at radius 2 is 2.12 bits per heavy atom. The Balaban J connectivity index is 1.54. The fourth-order valence-electron chi connectivity index (χ4n) is 2.66. The first kappa shape index (κ1) is 17.2. The van der Waals surface area contributed by atoms with Crippen LogP contribution < -0.4 is 5.56 Å². The van der Waals surface area contributed by atoms with E-state index in [0.29, 0.717) is 11.6 Å². The average molecular weight is 403 g/mol. The quantitative estimate of drug-likeness (QED) is 0.524. The summed E-state index contributed by atoms with van der Waals surface area (Å²) in [6, 6.07) is 9.29. The van der Waals surface area contributed by atoms with Crippen LogP contribution in [-0.4, -0.2) is 32.3 Å². The predicted molar refractivity (Wildman–Crippen MR) is 105 cm³/mol. The first-order valence-electron chi connectivity index (χ1n) is 7.85. The highest BCUT2D eigenvalue weighted by Gasteiger charge is 2.33. The van der Waals surface area contributed by atoms with Crippen LogP contribution in [0.25, 0.3) is 0 Å². The molecule has 1 aliphatic rings. The number of carbonyl (C=O) groups is 1. The number of carbonyl (C=O) groups excluding carboxylic acids is 1. The Morgan fingerprint density at radius 3 is 2.85 bits per heavy atom. The molecule has 4 rings (SSSR count). The van der Waals surface area contributed by atoms with Crippen molar-refractivity contribution in [1.29, 1.82) is 0 Å². The van der Waals surface area contributed by atoms with Crippen molar-refractivity contribution in [1.82, 2.24) is 15.0 Å². The highest BCUT2D eigenvalue weighted by molar-refractivity contribution is 7.99. The maximum absolute atomic E-state index is 12.8. The highest BCUT2D eigenvalue weighted by atomic mass is 32.2. The minimum Gasteiger partial charge on any atom is -0.301 e. The normalized spacial score (nSPS) is 16.7. The number of nitrogens with one attached hydrogen (secondary N) is 1. The van der Waals surface area contributed by atoms with E-state index in [9.17, 15) is 9.59 Å². The van der Waals surface area contributed by atoms with Gasteiger partial charge in [0, 0.05) is 23.6 Å². The molecule has 4 heterocycles. The number of nitrogens with zero attached hydrogens (tertiary/aromatic N) is 3. The van der Waals surface area contributed by atoms with Crippen molar-refractivity contribution in [3.8, 4) is 0 Å². The van der Waals surface area contributed by atoms with Gasteiger partial charge in [0.05, 0.1) is 22.4 Å². The van der Waals surface area contributed by atoms with E-state index in [-0.39, 0.29) is 23.3 Å². The van der Waals surface area contributed by atoms with Gasteiger partial charge in [0.2, 0.25) is 0 Å². The second-order valence-corrected chi connectivity index (χ2v) is 8.42. The largest absolute Gasteiger partial charge is 0.301 e. The summed E-state index contributed by atoms with van der Waals surface area (Å²) in [6.45, 7) is 0. The van der Waals surface area contributed by atoms with Gasteiger partial charge in [-0.1, -0.05) is 23.9 Å². The smallest absolute Gasteiger partial charge is 0.253 e. The molecule has 0 aromatic carbocycles. The number of aromatic nitrogens is 2. The zero-order valence-electron chi connectivity index (χ0n) is 13.5. The molecule has 3 aromatic rings. The third-order valence-corrected chi connectivity index (χ3v) is 6.59. The van der Waals surface area contributed by atoms with Crippen LogP contribution >= 0.6 is 34.4 Å². The van der Waals surface area contributed by atoms with Gasteiger partial charge in [-0.2, -0.15) is 5.10 Å². The lowest BCUT2D eigenvalue weighted by Crippen LogP contribution is -2.28. The molecule has 3 aromatic heterocycles. The van der Waals surface area contributed by atoms with E-state index in [0.717, 1.165) is 15.5 Å². The van der Waals surface area contributed by atoms with Crippen molar-refractivity contribution >= 4 is 46.1 Å². The lowest BCUT2D eigenvalue weighted by Gasteiger charge is -2.20. The second-order valence-electron chi connectivity index (χ2n) is 5.53. The lowest BCUT2D eigenvalue weighted by atomic mass is 10.1. The van der Waals surface area contributed by atoms with E-state index in [2.05, 4.69) is 15.1 Å². The molecule has 0 aliphatic carbocycles. The van der Waals surface area contributed by atoms with Gasteiger partial charge >= 0.3 is 0 Å². The summed E-state index contributed by atoms with van der Waals surface area (Å²) in [4.78, 5) is 33.0. The number of hydrogen-bond acceptors (Lipinski definition) is 7. The number of H-pyrrole nitrogens is 1. The summed E-state index contributed by atoms with van der Waals surface area (Å²) in [6.07, 6.45) is 2.14. The molecule has 132 valence electrons. The lowest BCUT2D eigenvalue weighted by molar-refractivity contribution is -0.130. The molecule has 1 atom stereocenters. The number of hydrogen-bond donors (Lipinski definition) is 1. The SMILES string of the molecule is O=C(CSc1nccc(=O)[nH]1)N1N=C(c2cccs2)C[C@@H]1c1cccs1. The van der Waals surface area contributed by atoms with Crippen LogP contribution in [0.15, 0.2) is 62.3 Å². The fourth-order valence-corrected chi connectivity index (χ4v) is 4.89. The molecule has 0 fully saturated rings. The maximum Gasteiger partial charge on any atom is 0.253 e. The molecule has 0 saturated heterocycles. The van der Waals surface area contributed by atoms with Crippen LogP contribution in [0, 0.1) is 0 Å². The summed E-state index contributed by atoms with van der Waals surface area (Å²) in [5.41, 5.74) is 0.702. The molecule has 1 amide bonds. The Bertz CT molecular complexity index is 980. The van der Waals surface area contributed by atoms with E-state index in [4.69, 9.17) is 0 Å². The molecule has 26 heavy (non-hydrogen) atoms. The molecular weight excluding hydrogens is 388 g/mol. The van der Waals surface area contributed by atoms with E-state index < -0.39 is 0 Å². The van der Waals surface area contributed by atoms with E-state index in [1.165, 1.54) is 24.0 Å². The summed E-state index contributed by atoms with van der Waals surface area (Å²) in [5, 5.41) is 10.6. The van der Waals surface area contributed by atoms with Gasteiger partial charge in [-0.25, -0.2) is 9.99 Å². The van der Waals surface area contributed by atoms with Crippen molar-refractivity contribution in [2.45, 2.75) is 17.6 Å². The number of thiophene rings is 2. The maximum atomic E-state index is 12.8. The predicted octanol–water partition coefficient (Wildman–Crippen LogP) is 3.36. The summed E-state index contributed by atoms with van der Waals surface area (Å²) in [7, 11) is 0. The number of amides is 1. The minimum absolute atomic E-state index is 0.0806. The van der Waals surface area contributed by atoms with Gasteiger partial charge in [0.1, 0.15) is 0 Å². The number of thioether (sulfide) groups is 1. The van der Waals surface area contributed by atoms with Crippen molar-refractivity contribution in [3.63, 3.8) is 0 Å². The van der Waals surface area contributed by atoms with Crippen LogP contribution in [0.5, 0.6) is 0 Å². The summed E-state index contributed by atoms with van der Waals surface area (Å²) < 4.78 is 0. The molecule has 0 bridgehead atoms. The van der Waals surface area contributed by atoms with Crippen molar-refractivity contribution < 1.29 is 4.79 Å². The first-order chi connectivity index (χ1) is 12.7. The van der Waals surface area contributed by atoms with E-state index in [1.807, 2.05) is 35.0 Å². The number of rotatable bonds is 5. The zero-order chi connectivity index (χ0) is 17.9. The van der Waals surface area contributed by atoms with Crippen LogP contribution in [0.3, 0.4) is 0 Å². The molecule has 0 saturated carbocycles. The van der Waals surface area contributed by atoms with Crippen molar-refractivity contribution in [2.75, 3.05) is 5.75 Å². The topological polar surface area (TPSA) is 78.4 Å². The Labute approximate surface area is 161 Å².